The second-order valence-electron chi connectivity index (χ2n) is 7.34. The first-order chi connectivity index (χ1) is 15.2. The summed E-state index contributed by atoms with van der Waals surface area (Å²) >= 11 is 0. The molecule has 1 aliphatic heterocycles. The van der Waals surface area contributed by atoms with Crippen LogP contribution in [-0.2, 0) is 4.74 Å². The van der Waals surface area contributed by atoms with E-state index in [2.05, 4.69) is 0 Å². The number of phenols is 4. The van der Waals surface area contributed by atoms with E-state index in [0.717, 1.165) is 6.07 Å². The molecule has 0 radical (unpaired) electrons. The van der Waals surface area contributed by atoms with Gasteiger partial charge in [-0.25, -0.2) is 4.42 Å². The van der Waals surface area contributed by atoms with Crippen LogP contribution < -0.4 is 4.74 Å². The van der Waals surface area contributed by atoms with Crippen LogP contribution in [0.4, 0.5) is 0 Å². The third-order valence-corrected chi connectivity index (χ3v) is 5.15. The monoisotopic (exact) mass is 449 g/mol. The van der Waals surface area contributed by atoms with Crippen molar-refractivity contribution in [3.63, 3.8) is 0 Å². The predicted molar refractivity (Wildman–Crippen MR) is 107 cm³/mol. The summed E-state index contributed by atoms with van der Waals surface area (Å²) in [5, 5.41) is 79.2. The molecule has 32 heavy (non-hydrogen) atoms. The molecule has 5 atom stereocenters. The van der Waals surface area contributed by atoms with Crippen LogP contribution in [0.25, 0.3) is 22.3 Å². The fourth-order valence-electron chi connectivity index (χ4n) is 3.43. The van der Waals surface area contributed by atoms with Gasteiger partial charge in [0.2, 0.25) is 12.0 Å². The summed E-state index contributed by atoms with van der Waals surface area (Å²) in [6, 6.07) is 7.37. The van der Waals surface area contributed by atoms with Crippen LogP contribution in [-0.4, -0.2) is 78.2 Å². The Bertz CT molecular complexity index is 1150. The van der Waals surface area contributed by atoms with Crippen molar-refractivity contribution in [1.29, 1.82) is 0 Å². The molecule has 1 aromatic heterocycles. The van der Waals surface area contributed by atoms with E-state index >= 15 is 0 Å². The van der Waals surface area contributed by atoms with Gasteiger partial charge in [0.25, 0.3) is 0 Å². The Balaban J connectivity index is 1.84. The molecule has 1 fully saturated rings. The van der Waals surface area contributed by atoms with Gasteiger partial charge in [-0.2, -0.15) is 0 Å². The molecule has 3 aromatic rings. The molecular formula is C21H21O11+. The second-order valence-corrected chi connectivity index (χ2v) is 7.34. The van der Waals surface area contributed by atoms with Gasteiger partial charge in [0.15, 0.2) is 11.5 Å². The number of rotatable bonds is 4. The van der Waals surface area contributed by atoms with E-state index in [1.54, 1.807) is 0 Å². The highest BCUT2D eigenvalue weighted by molar-refractivity contribution is 5.88. The maximum Gasteiger partial charge on any atom is 0.402 e. The summed E-state index contributed by atoms with van der Waals surface area (Å²) in [5.74, 6) is -1.64. The minimum Gasteiger partial charge on any atom is -0.507 e. The van der Waals surface area contributed by atoms with Crippen molar-refractivity contribution in [2.24, 2.45) is 0 Å². The van der Waals surface area contributed by atoms with Crippen molar-refractivity contribution in [3.05, 3.63) is 36.4 Å². The van der Waals surface area contributed by atoms with E-state index in [-0.39, 0.29) is 45.3 Å². The maximum absolute atomic E-state index is 10.3. The lowest BCUT2D eigenvalue weighted by atomic mass is 9.99. The summed E-state index contributed by atoms with van der Waals surface area (Å²) in [6.07, 6.45) is -7.76. The average molecular weight is 449 g/mol. The van der Waals surface area contributed by atoms with Crippen molar-refractivity contribution < 1.29 is 54.7 Å². The molecule has 2 aromatic carbocycles. The summed E-state index contributed by atoms with van der Waals surface area (Å²) in [4.78, 5) is 0. The molecule has 4 rings (SSSR count). The molecule has 0 bridgehead atoms. The van der Waals surface area contributed by atoms with Crippen LogP contribution in [0.15, 0.2) is 40.8 Å². The zero-order chi connectivity index (χ0) is 23.2. The zero-order valence-corrected chi connectivity index (χ0v) is 16.4. The van der Waals surface area contributed by atoms with Gasteiger partial charge < -0.3 is 50.3 Å². The lowest BCUT2D eigenvalue weighted by molar-refractivity contribution is -0.277. The smallest absolute Gasteiger partial charge is 0.402 e. The van der Waals surface area contributed by atoms with Gasteiger partial charge in [0.1, 0.15) is 41.3 Å². The summed E-state index contributed by atoms with van der Waals surface area (Å²) in [7, 11) is 0. The van der Waals surface area contributed by atoms with Crippen molar-refractivity contribution >= 4 is 11.0 Å². The third kappa shape index (κ3) is 3.83. The number of hydrogen-bond donors (Lipinski definition) is 8. The van der Waals surface area contributed by atoms with Gasteiger partial charge in [-0.1, -0.05) is 0 Å². The first-order valence-electron chi connectivity index (χ1n) is 9.52. The normalized spacial score (nSPS) is 25.7. The molecule has 0 amide bonds. The summed E-state index contributed by atoms with van der Waals surface area (Å²) in [5.41, 5.74) is 0.260. The van der Waals surface area contributed by atoms with Crippen LogP contribution in [0.3, 0.4) is 0 Å². The van der Waals surface area contributed by atoms with Crippen molar-refractivity contribution in [2.75, 3.05) is 6.61 Å². The molecule has 170 valence electrons. The Morgan fingerprint density at radius 3 is 2.28 bits per heavy atom. The highest BCUT2D eigenvalue weighted by Gasteiger charge is 2.45. The van der Waals surface area contributed by atoms with E-state index in [9.17, 15) is 40.9 Å². The number of ether oxygens (including phenoxy) is 2. The molecule has 3 unspecified atom stereocenters. The lowest BCUT2D eigenvalue weighted by Crippen LogP contribution is -2.60. The van der Waals surface area contributed by atoms with E-state index in [4.69, 9.17) is 13.9 Å². The highest BCUT2D eigenvalue weighted by Crippen LogP contribution is 2.42. The molecule has 1 saturated heterocycles. The van der Waals surface area contributed by atoms with Crippen LogP contribution in [0.5, 0.6) is 28.7 Å². The van der Waals surface area contributed by atoms with Gasteiger partial charge in [-0.15, -0.1) is 0 Å². The van der Waals surface area contributed by atoms with Crippen molar-refractivity contribution in [2.45, 2.75) is 30.7 Å². The van der Waals surface area contributed by atoms with E-state index < -0.39 is 43.1 Å². The molecule has 2 heterocycles. The number of aromatic hydroxyl groups is 4. The molecule has 8 N–H and O–H groups in total. The molecular weight excluding hydrogens is 428 g/mol. The van der Waals surface area contributed by atoms with Crippen LogP contribution in [0.2, 0.25) is 0 Å². The molecule has 1 aliphatic rings. The van der Waals surface area contributed by atoms with Crippen molar-refractivity contribution in [1.82, 2.24) is 0 Å². The van der Waals surface area contributed by atoms with E-state index in [1.165, 1.54) is 30.3 Å². The molecule has 0 spiro atoms. The van der Waals surface area contributed by atoms with E-state index in [0.29, 0.717) is 0 Å². The Morgan fingerprint density at radius 2 is 1.59 bits per heavy atom. The average Bonchev–Trinajstić information content (AvgIpc) is 2.76. The number of phenolic OH excluding ortho intramolecular Hbond substituents is 4. The number of aliphatic hydroxyl groups is 4. The predicted octanol–water partition coefficient (Wildman–Crippen LogP) is 0.382. The number of hydrogen-bond acceptors (Lipinski definition) is 10. The number of fused-ring (bicyclic) bond motifs is 1. The summed E-state index contributed by atoms with van der Waals surface area (Å²) in [6.45, 7) is -0.661. The standard InChI is InChI=1S/C21H20O11/c22-7-16-17(27)18(28)19(29)21(32-16)31-15-6-10-12(25)4-9(23)5-14(10)30-20(15)8-1-2-11(24)13(26)3-8/h1-6,16-19,21-22,27-29H,7H2,(H3-,23,24,25,26)/p+1/t16?,17-,18?,19?,21+/m0/s1. The minimum absolute atomic E-state index is 0.0465. The molecule has 0 aliphatic carbocycles. The van der Waals surface area contributed by atoms with E-state index in [1.807, 2.05) is 0 Å². The fourth-order valence-corrected chi connectivity index (χ4v) is 3.43. The minimum atomic E-state index is -1.71. The maximum atomic E-state index is 10.3. The van der Waals surface area contributed by atoms with Crippen molar-refractivity contribution in [3.8, 4) is 40.1 Å². The molecule has 11 heteroatoms. The largest absolute Gasteiger partial charge is 0.507 e. The molecule has 0 saturated carbocycles. The SMILES string of the molecule is OCC1O[C@@H](Oc2cc3c(O)cc(O)cc3[o+]c2-c2ccc(O)c(O)c2)C(O)C(O)[C@H]1O. The number of benzene rings is 2. The zero-order valence-electron chi connectivity index (χ0n) is 16.4. The lowest BCUT2D eigenvalue weighted by Gasteiger charge is -2.39. The Labute approximate surface area is 180 Å². The first kappa shape index (κ1) is 21.9. The molecule has 11 nitrogen and oxygen atoms in total. The fraction of sp³-hybridized carbons (Fsp3) is 0.286. The quantitative estimate of drug-likeness (QED) is 0.203. The van der Waals surface area contributed by atoms with Gasteiger partial charge in [0, 0.05) is 18.2 Å². The van der Waals surface area contributed by atoms with Crippen LogP contribution in [0.1, 0.15) is 0 Å². The van der Waals surface area contributed by atoms with Crippen LogP contribution >= 0.6 is 0 Å². The topological polar surface area (TPSA) is 192 Å². The Hall–Kier alpha value is -3.35. The second kappa shape index (κ2) is 8.30. The first-order valence-corrected chi connectivity index (χ1v) is 9.52. The van der Waals surface area contributed by atoms with Gasteiger partial charge >= 0.3 is 11.3 Å². The van der Waals surface area contributed by atoms with Gasteiger partial charge in [-0.3, -0.25) is 0 Å². The Morgan fingerprint density at radius 1 is 0.844 bits per heavy atom. The highest BCUT2D eigenvalue weighted by atomic mass is 16.7. The summed E-state index contributed by atoms with van der Waals surface area (Å²) < 4.78 is 16.8. The van der Waals surface area contributed by atoms with Gasteiger partial charge in [0.05, 0.1) is 18.2 Å². The van der Waals surface area contributed by atoms with Crippen LogP contribution in [0, 0.1) is 0 Å². The van der Waals surface area contributed by atoms with Gasteiger partial charge in [-0.05, 0) is 12.1 Å². The third-order valence-electron chi connectivity index (χ3n) is 5.15. The Kier molecular flexibility index (Phi) is 5.67. The number of aliphatic hydroxyl groups excluding tert-OH is 4.